The van der Waals surface area contributed by atoms with Crippen molar-refractivity contribution in [2.45, 2.75) is 11.8 Å². The molecule has 0 bridgehead atoms. The molecule has 1 heterocycles. The predicted octanol–water partition coefficient (Wildman–Crippen LogP) is 5.40. The van der Waals surface area contributed by atoms with Gasteiger partial charge in [0, 0.05) is 9.50 Å². The van der Waals surface area contributed by atoms with Crippen molar-refractivity contribution >= 4 is 39.1 Å². The highest BCUT2D eigenvalue weighted by Crippen LogP contribution is 2.40. The largest absolute Gasteiger partial charge is 0.486 e. The Morgan fingerprint density at radius 1 is 1.10 bits per heavy atom. The molecule has 0 aliphatic carbocycles. The SMILES string of the molecule is Clc1ccccc1CC(Cl)c1cc2c(cc1Br)OCCO2. The second-order valence-corrected chi connectivity index (χ2v) is 6.57. The van der Waals surface area contributed by atoms with Gasteiger partial charge in [-0.2, -0.15) is 0 Å². The number of hydrogen-bond donors (Lipinski definition) is 0. The van der Waals surface area contributed by atoms with Crippen molar-refractivity contribution in [2.75, 3.05) is 13.2 Å². The number of alkyl halides is 1. The molecule has 21 heavy (non-hydrogen) atoms. The second-order valence-electron chi connectivity index (χ2n) is 4.78. The maximum absolute atomic E-state index is 6.58. The van der Waals surface area contributed by atoms with Crippen molar-refractivity contribution in [1.29, 1.82) is 0 Å². The van der Waals surface area contributed by atoms with E-state index in [1.807, 2.05) is 36.4 Å². The van der Waals surface area contributed by atoms with Gasteiger partial charge in [-0.15, -0.1) is 11.6 Å². The summed E-state index contributed by atoms with van der Waals surface area (Å²) in [5.41, 5.74) is 2.00. The molecule has 0 radical (unpaired) electrons. The molecule has 0 aromatic heterocycles. The van der Waals surface area contributed by atoms with Crippen LogP contribution in [0.25, 0.3) is 0 Å². The molecule has 5 heteroatoms. The van der Waals surface area contributed by atoms with Crippen molar-refractivity contribution in [3.63, 3.8) is 0 Å². The van der Waals surface area contributed by atoms with Crippen LogP contribution in [0.4, 0.5) is 0 Å². The summed E-state index contributed by atoms with van der Waals surface area (Å²) in [6.07, 6.45) is 0.652. The summed E-state index contributed by atoms with van der Waals surface area (Å²) in [4.78, 5) is 0. The number of ether oxygens (including phenoxy) is 2. The summed E-state index contributed by atoms with van der Waals surface area (Å²) >= 11 is 16.3. The Morgan fingerprint density at radius 2 is 1.76 bits per heavy atom. The first-order valence-corrected chi connectivity index (χ1v) is 8.22. The fraction of sp³-hybridized carbons (Fsp3) is 0.250. The smallest absolute Gasteiger partial charge is 0.162 e. The van der Waals surface area contributed by atoms with Crippen LogP contribution in [0, 0.1) is 0 Å². The monoisotopic (exact) mass is 386 g/mol. The third-order valence-corrected chi connectivity index (χ3v) is 4.80. The molecule has 1 atom stereocenters. The highest BCUT2D eigenvalue weighted by molar-refractivity contribution is 9.10. The molecule has 2 aromatic rings. The minimum atomic E-state index is -0.199. The summed E-state index contributed by atoms with van der Waals surface area (Å²) in [5.74, 6) is 1.49. The molecular weight excluding hydrogens is 375 g/mol. The van der Waals surface area contributed by atoms with Crippen LogP contribution in [0.5, 0.6) is 11.5 Å². The normalized spacial score (nSPS) is 14.8. The molecule has 2 aromatic carbocycles. The van der Waals surface area contributed by atoms with Crippen LogP contribution in [0.15, 0.2) is 40.9 Å². The molecule has 1 aliphatic rings. The first kappa shape index (κ1) is 15.0. The van der Waals surface area contributed by atoms with Gasteiger partial charge in [0.1, 0.15) is 13.2 Å². The number of halogens is 3. The standard InChI is InChI=1S/C16H13BrCl2O2/c17-12-9-16-15(20-5-6-21-16)8-11(12)14(19)7-10-3-1-2-4-13(10)18/h1-4,8-9,14H,5-7H2. The molecule has 0 fully saturated rings. The van der Waals surface area contributed by atoms with Gasteiger partial charge >= 0.3 is 0 Å². The molecule has 0 saturated heterocycles. The van der Waals surface area contributed by atoms with E-state index in [-0.39, 0.29) is 5.38 Å². The van der Waals surface area contributed by atoms with Gasteiger partial charge in [-0.1, -0.05) is 45.7 Å². The minimum Gasteiger partial charge on any atom is -0.486 e. The number of rotatable bonds is 3. The van der Waals surface area contributed by atoms with Crippen molar-refractivity contribution in [1.82, 2.24) is 0 Å². The minimum absolute atomic E-state index is 0.199. The van der Waals surface area contributed by atoms with Gasteiger partial charge < -0.3 is 9.47 Å². The zero-order chi connectivity index (χ0) is 14.8. The molecule has 3 rings (SSSR count). The summed E-state index contributed by atoms with van der Waals surface area (Å²) < 4.78 is 12.1. The van der Waals surface area contributed by atoms with E-state index in [1.54, 1.807) is 0 Å². The molecule has 0 N–H and O–H groups in total. The molecular formula is C16H13BrCl2O2. The summed E-state index contributed by atoms with van der Waals surface area (Å²) in [7, 11) is 0. The molecule has 1 unspecified atom stereocenters. The van der Waals surface area contributed by atoms with E-state index in [2.05, 4.69) is 15.9 Å². The molecule has 110 valence electrons. The molecule has 0 spiro atoms. The van der Waals surface area contributed by atoms with Crippen LogP contribution in [0.3, 0.4) is 0 Å². The van der Waals surface area contributed by atoms with E-state index in [1.165, 1.54) is 0 Å². The van der Waals surface area contributed by atoms with Gasteiger partial charge in [-0.05, 0) is 35.7 Å². The maximum atomic E-state index is 6.58. The zero-order valence-electron chi connectivity index (χ0n) is 11.1. The molecule has 0 saturated carbocycles. The van der Waals surface area contributed by atoms with E-state index < -0.39 is 0 Å². The van der Waals surface area contributed by atoms with Gasteiger partial charge in [-0.3, -0.25) is 0 Å². The Morgan fingerprint density at radius 3 is 2.48 bits per heavy atom. The summed E-state index contributed by atoms with van der Waals surface area (Å²) in [6, 6.07) is 11.6. The first-order valence-electron chi connectivity index (χ1n) is 6.61. The van der Waals surface area contributed by atoms with E-state index in [0.717, 1.165) is 32.1 Å². The lowest BCUT2D eigenvalue weighted by atomic mass is 10.0. The quantitative estimate of drug-likeness (QED) is 0.656. The fourth-order valence-corrected chi connectivity index (χ4v) is 3.58. The number of benzene rings is 2. The van der Waals surface area contributed by atoms with Crippen molar-refractivity contribution in [2.24, 2.45) is 0 Å². The Balaban J connectivity index is 1.87. The Bertz CT molecular complexity index is 661. The summed E-state index contributed by atoms with van der Waals surface area (Å²) in [5, 5.41) is 0.534. The number of fused-ring (bicyclic) bond motifs is 1. The van der Waals surface area contributed by atoms with Crippen molar-refractivity contribution < 1.29 is 9.47 Å². The van der Waals surface area contributed by atoms with Crippen LogP contribution >= 0.6 is 39.1 Å². The van der Waals surface area contributed by atoms with E-state index >= 15 is 0 Å². The molecule has 1 aliphatic heterocycles. The van der Waals surface area contributed by atoms with Gasteiger partial charge in [0.25, 0.3) is 0 Å². The Kier molecular flexibility index (Phi) is 4.63. The Hall–Kier alpha value is -0.900. The summed E-state index contributed by atoms with van der Waals surface area (Å²) in [6.45, 7) is 1.13. The zero-order valence-corrected chi connectivity index (χ0v) is 14.2. The molecule has 0 amide bonds. The lowest BCUT2D eigenvalue weighted by Gasteiger charge is -2.21. The first-order chi connectivity index (χ1) is 10.1. The lowest BCUT2D eigenvalue weighted by Crippen LogP contribution is -2.15. The van der Waals surface area contributed by atoms with E-state index in [0.29, 0.717) is 19.6 Å². The van der Waals surface area contributed by atoms with Gasteiger partial charge in [-0.25, -0.2) is 0 Å². The fourth-order valence-electron chi connectivity index (χ4n) is 2.29. The lowest BCUT2D eigenvalue weighted by molar-refractivity contribution is 0.171. The van der Waals surface area contributed by atoms with Gasteiger partial charge in [0.05, 0.1) is 5.38 Å². The predicted molar refractivity (Wildman–Crippen MR) is 88.9 cm³/mol. The van der Waals surface area contributed by atoms with Crippen LogP contribution in [0.1, 0.15) is 16.5 Å². The van der Waals surface area contributed by atoms with Crippen LogP contribution in [0.2, 0.25) is 5.02 Å². The highest BCUT2D eigenvalue weighted by atomic mass is 79.9. The average molecular weight is 388 g/mol. The van der Waals surface area contributed by atoms with Crippen LogP contribution < -0.4 is 9.47 Å². The molecule has 2 nitrogen and oxygen atoms in total. The highest BCUT2D eigenvalue weighted by Gasteiger charge is 2.20. The van der Waals surface area contributed by atoms with Crippen LogP contribution in [-0.4, -0.2) is 13.2 Å². The van der Waals surface area contributed by atoms with Gasteiger partial charge in [0.2, 0.25) is 0 Å². The Labute approximate surface area is 142 Å². The van der Waals surface area contributed by atoms with Gasteiger partial charge in [0.15, 0.2) is 11.5 Å². The topological polar surface area (TPSA) is 18.5 Å². The third kappa shape index (κ3) is 3.31. The second kappa shape index (κ2) is 6.47. The average Bonchev–Trinajstić information content (AvgIpc) is 2.49. The van der Waals surface area contributed by atoms with Crippen LogP contribution in [-0.2, 0) is 6.42 Å². The maximum Gasteiger partial charge on any atom is 0.162 e. The van der Waals surface area contributed by atoms with E-state index in [4.69, 9.17) is 32.7 Å². The van der Waals surface area contributed by atoms with Crippen molar-refractivity contribution in [3.05, 3.63) is 57.0 Å². The number of hydrogen-bond acceptors (Lipinski definition) is 2. The van der Waals surface area contributed by atoms with E-state index in [9.17, 15) is 0 Å². The van der Waals surface area contributed by atoms with Crippen molar-refractivity contribution in [3.8, 4) is 11.5 Å². The third-order valence-electron chi connectivity index (χ3n) is 3.36.